The molecule has 130 valence electrons. The zero-order valence-electron chi connectivity index (χ0n) is 14.4. The Morgan fingerprint density at radius 3 is 2.77 bits per heavy atom. The van der Waals surface area contributed by atoms with Crippen molar-refractivity contribution in [3.8, 4) is 17.0 Å². The van der Waals surface area contributed by atoms with Crippen LogP contribution in [0.5, 0.6) is 5.75 Å². The number of pyridine rings is 1. The van der Waals surface area contributed by atoms with Crippen LogP contribution < -0.4 is 4.74 Å². The van der Waals surface area contributed by atoms with Gasteiger partial charge in [-0.1, -0.05) is 55.8 Å². The Bertz CT molecular complexity index is 1150. The zero-order chi connectivity index (χ0) is 17.9. The Morgan fingerprint density at radius 1 is 1.15 bits per heavy atom. The highest BCUT2D eigenvalue weighted by Crippen LogP contribution is 2.47. The van der Waals surface area contributed by atoms with Crippen molar-refractivity contribution in [3.63, 3.8) is 0 Å². The first-order valence-corrected chi connectivity index (χ1v) is 9.67. The molecule has 1 aromatic carbocycles. The summed E-state index contributed by atoms with van der Waals surface area (Å²) in [6.07, 6.45) is 2.43. The molecular weight excluding hydrogens is 366 g/mol. The Balaban J connectivity index is 1.92. The first kappa shape index (κ1) is 16.0. The summed E-state index contributed by atoms with van der Waals surface area (Å²) in [6, 6.07) is 10.2. The molecule has 4 heterocycles. The molecule has 0 saturated heterocycles. The second-order valence-electron chi connectivity index (χ2n) is 7.39. The van der Waals surface area contributed by atoms with Gasteiger partial charge in [0.1, 0.15) is 27.8 Å². The van der Waals surface area contributed by atoms with Gasteiger partial charge in [0.15, 0.2) is 0 Å². The lowest BCUT2D eigenvalue weighted by molar-refractivity contribution is 0.156. The van der Waals surface area contributed by atoms with Crippen LogP contribution in [0.1, 0.15) is 19.4 Å². The maximum atomic E-state index is 6.32. The van der Waals surface area contributed by atoms with Crippen molar-refractivity contribution >= 4 is 43.4 Å². The van der Waals surface area contributed by atoms with Crippen molar-refractivity contribution in [3.05, 3.63) is 47.4 Å². The SMILES string of the molecule is CC1(C)COc2c(-c3ccccc3)nc3sc4c(Cl)ncnc4c3c2C1. The predicted octanol–water partition coefficient (Wildman–Crippen LogP) is 5.52. The summed E-state index contributed by atoms with van der Waals surface area (Å²) >= 11 is 7.87. The zero-order valence-corrected chi connectivity index (χ0v) is 16.0. The number of halogens is 1. The van der Waals surface area contributed by atoms with Gasteiger partial charge in [-0.05, 0) is 6.42 Å². The summed E-state index contributed by atoms with van der Waals surface area (Å²) in [4.78, 5) is 14.5. The highest BCUT2D eigenvalue weighted by Gasteiger charge is 2.32. The van der Waals surface area contributed by atoms with Gasteiger partial charge in [0.25, 0.3) is 0 Å². The molecular formula is C20H16ClN3OS. The van der Waals surface area contributed by atoms with Crippen LogP contribution in [-0.4, -0.2) is 21.6 Å². The minimum absolute atomic E-state index is 0.0559. The number of hydrogen-bond donors (Lipinski definition) is 0. The average molecular weight is 382 g/mol. The summed E-state index contributed by atoms with van der Waals surface area (Å²) in [5.41, 5.74) is 4.04. The molecule has 3 aromatic heterocycles. The van der Waals surface area contributed by atoms with Gasteiger partial charge in [0.2, 0.25) is 0 Å². The summed E-state index contributed by atoms with van der Waals surface area (Å²) in [5.74, 6) is 0.873. The molecule has 0 saturated carbocycles. The standard InChI is InChI=1S/C20H16ClN3OS/c1-20(2)8-12-13-15-17(18(21)23-10-22-15)26-19(13)24-14(16(12)25-9-20)11-6-4-3-5-7-11/h3-7,10H,8-9H2,1-2H3. The molecule has 0 unspecified atom stereocenters. The van der Waals surface area contributed by atoms with Crippen molar-refractivity contribution in [2.24, 2.45) is 5.41 Å². The van der Waals surface area contributed by atoms with E-state index in [0.717, 1.165) is 43.9 Å². The van der Waals surface area contributed by atoms with Crippen LogP contribution in [0.3, 0.4) is 0 Å². The third-order valence-corrected chi connectivity index (χ3v) is 6.20. The Labute approximate surface area is 159 Å². The van der Waals surface area contributed by atoms with Crippen molar-refractivity contribution in [1.29, 1.82) is 0 Å². The molecule has 4 nitrogen and oxygen atoms in total. The maximum absolute atomic E-state index is 6.32. The molecule has 0 aliphatic carbocycles. The molecule has 0 radical (unpaired) electrons. The molecule has 0 amide bonds. The quantitative estimate of drug-likeness (QED) is 0.407. The first-order valence-electron chi connectivity index (χ1n) is 8.47. The minimum Gasteiger partial charge on any atom is -0.490 e. The molecule has 4 aromatic rings. The number of thiophene rings is 1. The number of fused-ring (bicyclic) bond motifs is 5. The van der Waals surface area contributed by atoms with Crippen LogP contribution in [0.15, 0.2) is 36.7 Å². The lowest BCUT2D eigenvalue weighted by atomic mass is 9.83. The second-order valence-corrected chi connectivity index (χ2v) is 8.75. The number of aromatic nitrogens is 3. The maximum Gasteiger partial charge on any atom is 0.150 e. The normalized spacial score (nSPS) is 15.8. The van der Waals surface area contributed by atoms with E-state index < -0.39 is 0 Å². The van der Waals surface area contributed by atoms with Crippen molar-refractivity contribution in [2.75, 3.05) is 6.61 Å². The smallest absolute Gasteiger partial charge is 0.150 e. The number of hydrogen-bond acceptors (Lipinski definition) is 5. The van der Waals surface area contributed by atoms with Crippen molar-refractivity contribution in [2.45, 2.75) is 20.3 Å². The van der Waals surface area contributed by atoms with E-state index in [1.807, 2.05) is 18.2 Å². The molecule has 0 N–H and O–H groups in total. The monoisotopic (exact) mass is 381 g/mol. The van der Waals surface area contributed by atoms with Crippen LogP contribution in [0.4, 0.5) is 0 Å². The minimum atomic E-state index is 0.0559. The van der Waals surface area contributed by atoms with Gasteiger partial charge < -0.3 is 4.74 Å². The average Bonchev–Trinajstić information content (AvgIpc) is 3.01. The number of ether oxygens (including phenoxy) is 1. The second kappa shape index (κ2) is 5.63. The van der Waals surface area contributed by atoms with Gasteiger partial charge in [-0.3, -0.25) is 0 Å². The molecule has 0 fully saturated rings. The van der Waals surface area contributed by atoms with Crippen molar-refractivity contribution < 1.29 is 4.74 Å². The molecule has 5 rings (SSSR count). The molecule has 0 atom stereocenters. The molecule has 0 bridgehead atoms. The predicted molar refractivity (Wildman–Crippen MR) is 106 cm³/mol. The Morgan fingerprint density at radius 2 is 1.96 bits per heavy atom. The van der Waals surface area contributed by atoms with E-state index in [-0.39, 0.29) is 5.41 Å². The van der Waals surface area contributed by atoms with Crippen LogP contribution in [0.2, 0.25) is 5.15 Å². The molecule has 1 aliphatic heterocycles. The Hall–Kier alpha value is -2.24. The molecule has 0 spiro atoms. The lowest BCUT2D eigenvalue weighted by Gasteiger charge is -2.32. The van der Waals surface area contributed by atoms with E-state index in [2.05, 4.69) is 35.9 Å². The van der Waals surface area contributed by atoms with Gasteiger partial charge in [0.05, 0.1) is 16.8 Å². The van der Waals surface area contributed by atoms with Gasteiger partial charge in [-0.25, -0.2) is 15.0 Å². The largest absolute Gasteiger partial charge is 0.490 e. The van der Waals surface area contributed by atoms with E-state index in [1.54, 1.807) is 11.3 Å². The van der Waals surface area contributed by atoms with Crippen molar-refractivity contribution in [1.82, 2.24) is 15.0 Å². The third-order valence-electron chi connectivity index (χ3n) is 4.72. The highest BCUT2D eigenvalue weighted by molar-refractivity contribution is 7.26. The highest BCUT2D eigenvalue weighted by atomic mass is 35.5. The fourth-order valence-corrected chi connectivity index (χ4v) is 4.83. The van der Waals surface area contributed by atoms with Crippen LogP contribution in [0.25, 0.3) is 31.7 Å². The summed E-state index contributed by atoms with van der Waals surface area (Å²) < 4.78 is 7.13. The van der Waals surface area contributed by atoms with E-state index >= 15 is 0 Å². The molecule has 26 heavy (non-hydrogen) atoms. The summed E-state index contributed by atoms with van der Waals surface area (Å²) in [7, 11) is 0. The first-order chi connectivity index (χ1) is 12.5. The van der Waals surface area contributed by atoms with E-state index in [0.29, 0.717) is 11.8 Å². The van der Waals surface area contributed by atoms with Crippen LogP contribution >= 0.6 is 22.9 Å². The topological polar surface area (TPSA) is 47.9 Å². The van der Waals surface area contributed by atoms with E-state index in [4.69, 9.17) is 21.3 Å². The van der Waals surface area contributed by atoms with Gasteiger partial charge in [0, 0.05) is 21.9 Å². The number of nitrogens with zero attached hydrogens (tertiary/aromatic N) is 3. The number of benzene rings is 1. The fourth-order valence-electron chi connectivity index (χ4n) is 3.54. The van der Waals surface area contributed by atoms with Crippen LogP contribution in [0, 0.1) is 5.41 Å². The number of rotatable bonds is 1. The van der Waals surface area contributed by atoms with Gasteiger partial charge in [-0.15, -0.1) is 11.3 Å². The summed E-state index contributed by atoms with van der Waals surface area (Å²) in [6.45, 7) is 5.12. The van der Waals surface area contributed by atoms with Gasteiger partial charge >= 0.3 is 0 Å². The van der Waals surface area contributed by atoms with Gasteiger partial charge in [-0.2, -0.15) is 0 Å². The molecule has 1 aliphatic rings. The van der Waals surface area contributed by atoms with E-state index in [9.17, 15) is 0 Å². The summed E-state index contributed by atoms with van der Waals surface area (Å²) in [5, 5.41) is 1.53. The van der Waals surface area contributed by atoms with E-state index in [1.165, 1.54) is 11.9 Å². The molecule has 6 heteroatoms. The Kier molecular flexibility index (Phi) is 3.46. The lowest BCUT2D eigenvalue weighted by Crippen LogP contribution is -2.29. The van der Waals surface area contributed by atoms with Crippen LogP contribution in [-0.2, 0) is 6.42 Å². The third kappa shape index (κ3) is 2.38. The fraction of sp³-hybridized carbons (Fsp3) is 0.250.